The predicted octanol–water partition coefficient (Wildman–Crippen LogP) is 4.77. The van der Waals surface area contributed by atoms with Crippen LogP contribution in [0.4, 0.5) is 5.69 Å². The number of para-hydroxylation sites is 1. The lowest BCUT2D eigenvalue weighted by Gasteiger charge is -2.13. The number of anilines is 1. The van der Waals surface area contributed by atoms with E-state index in [1.165, 1.54) is 11.8 Å². The molecule has 1 heterocycles. The summed E-state index contributed by atoms with van der Waals surface area (Å²) in [7, 11) is 0. The largest absolute Gasteiger partial charge is 0.376 e. The predicted molar refractivity (Wildman–Crippen MR) is 119 cm³/mol. The minimum atomic E-state index is -0.222. The molecule has 2 aromatic rings. The van der Waals surface area contributed by atoms with Crippen LogP contribution in [0.3, 0.4) is 0 Å². The molecule has 2 amide bonds. The molecule has 0 aliphatic carbocycles. The van der Waals surface area contributed by atoms with Crippen LogP contribution in [-0.4, -0.2) is 36.8 Å². The smallest absolute Gasteiger partial charge is 0.253 e. The first-order valence-corrected chi connectivity index (χ1v) is 11.2. The molecule has 1 aliphatic heterocycles. The van der Waals surface area contributed by atoms with Crippen LogP contribution in [0.25, 0.3) is 0 Å². The summed E-state index contributed by atoms with van der Waals surface area (Å²) in [5.74, 6) is 0.495. The van der Waals surface area contributed by atoms with Crippen molar-refractivity contribution in [3.05, 3.63) is 63.6 Å². The number of benzene rings is 2. The van der Waals surface area contributed by atoms with Crippen LogP contribution >= 0.6 is 35.0 Å². The quantitative estimate of drug-likeness (QED) is 0.604. The van der Waals surface area contributed by atoms with E-state index in [4.69, 9.17) is 27.9 Å². The first-order valence-electron chi connectivity index (χ1n) is 9.33. The molecule has 0 aromatic heterocycles. The lowest BCUT2D eigenvalue weighted by atomic mass is 10.1. The van der Waals surface area contributed by atoms with Crippen molar-refractivity contribution < 1.29 is 14.3 Å². The molecule has 0 spiro atoms. The van der Waals surface area contributed by atoms with Crippen molar-refractivity contribution >= 4 is 52.5 Å². The maximum absolute atomic E-state index is 12.5. The van der Waals surface area contributed by atoms with E-state index in [1.54, 1.807) is 36.4 Å². The first-order chi connectivity index (χ1) is 14.0. The summed E-state index contributed by atoms with van der Waals surface area (Å²) in [4.78, 5) is 24.9. The Morgan fingerprint density at radius 3 is 2.72 bits per heavy atom. The van der Waals surface area contributed by atoms with E-state index < -0.39 is 0 Å². The number of hydrogen-bond donors (Lipinski definition) is 2. The molecule has 3 rings (SSSR count). The van der Waals surface area contributed by atoms with Crippen LogP contribution in [0.1, 0.15) is 28.8 Å². The average molecular weight is 453 g/mol. The topological polar surface area (TPSA) is 67.4 Å². The maximum Gasteiger partial charge on any atom is 0.253 e. The molecule has 29 heavy (non-hydrogen) atoms. The highest BCUT2D eigenvalue weighted by Gasteiger charge is 2.18. The minimum absolute atomic E-state index is 0.0680. The van der Waals surface area contributed by atoms with Crippen LogP contribution < -0.4 is 10.6 Å². The van der Waals surface area contributed by atoms with Gasteiger partial charge in [0.1, 0.15) is 0 Å². The van der Waals surface area contributed by atoms with E-state index in [1.807, 2.05) is 6.07 Å². The highest BCUT2D eigenvalue weighted by Crippen LogP contribution is 2.25. The van der Waals surface area contributed by atoms with Crippen molar-refractivity contribution in [1.29, 1.82) is 0 Å². The molecule has 0 unspecified atom stereocenters. The van der Waals surface area contributed by atoms with Gasteiger partial charge in [0.05, 0.1) is 33.2 Å². The zero-order chi connectivity index (χ0) is 20.6. The van der Waals surface area contributed by atoms with Crippen LogP contribution in [0, 0.1) is 0 Å². The normalized spacial score (nSPS) is 15.9. The Balaban J connectivity index is 1.50. The van der Waals surface area contributed by atoms with Gasteiger partial charge < -0.3 is 15.4 Å². The van der Waals surface area contributed by atoms with Crippen molar-refractivity contribution in [2.24, 2.45) is 0 Å². The summed E-state index contributed by atoms with van der Waals surface area (Å²) in [5, 5.41) is 6.72. The highest BCUT2D eigenvalue weighted by atomic mass is 35.5. The highest BCUT2D eigenvalue weighted by molar-refractivity contribution is 7.99. The molecular weight excluding hydrogens is 431 g/mol. The van der Waals surface area contributed by atoms with Crippen LogP contribution in [-0.2, 0) is 15.3 Å². The Labute approximate surface area is 184 Å². The van der Waals surface area contributed by atoms with Gasteiger partial charge in [-0.3, -0.25) is 9.59 Å². The molecule has 5 nitrogen and oxygen atoms in total. The van der Waals surface area contributed by atoms with Crippen LogP contribution in [0.15, 0.2) is 42.5 Å². The fourth-order valence-corrected chi connectivity index (χ4v) is 4.07. The van der Waals surface area contributed by atoms with Crippen LogP contribution in [0.2, 0.25) is 10.0 Å². The molecule has 1 saturated heterocycles. The standard InChI is InChI=1S/C21H22Cl2N2O3S/c22-17-8-7-14(10-18(17)23)12-29-13-20(26)25-19-6-2-1-5-16(19)21(27)24-11-15-4-3-9-28-15/h1-2,5-8,10,15H,3-4,9,11-13H2,(H,24,27)(H,25,26)/t15-/m1/s1. The molecule has 0 bridgehead atoms. The summed E-state index contributed by atoms with van der Waals surface area (Å²) in [6, 6.07) is 12.4. The third-order valence-corrected chi connectivity index (χ3v) is 6.19. The SMILES string of the molecule is O=C(CSCc1ccc(Cl)c(Cl)c1)Nc1ccccc1C(=O)NC[C@H]1CCCO1. The van der Waals surface area contributed by atoms with Gasteiger partial charge in [-0.15, -0.1) is 11.8 Å². The molecular formula is C21H22Cl2N2O3S. The van der Waals surface area contributed by atoms with Gasteiger partial charge in [-0.25, -0.2) is 0 Å². The second-order valence-corrected chi connectivity index (χ2v) is 8.48. The zero-order valence-corrected chi connectivity index (χ0v) is 18.1. The lowest BCUT2D eigenvalue weighted by molar-refractivity contribution is -0.113. The Hall–Kier alpha value is -1.73. The van der Waals surface area contributed by atoms with Crippen molar-refractivity contribution in [2.45, 2.75) is 24.7 Å². The molecule has 1 atom stereocenters. The van der Waals surface area contributed by atoms with Gasteiger partial charge in [-0.05, 0) is 42.7 Å². The number of nitrogens with one attached hydrogen (secondary N) is 2. The van der Waals surface area contributed by atoms with Crippen molar-refractivity contribution in [3.63, 3.8) is 0 Å². The summed E-state index contributed by atoms with van der Waals surface area (Å²) < 4.78 is 5.53. The second kappa shape index (κ2) is 10.9. The van der Waals surface area contributed by atoms with Crippen LogP contribution in [0.5, 0.6) is 0 Å². The molecule has 0 radical (unpaired) electrons. The summed E-state index contributed by atoms with van der Waals surface area (Å²) >= 11 is 13.4. The number of amides is 2. The van der Waals surface area contributed by atoms with Gasteiger partial charge in [0.15, 0.2) is 0 Å². The number of halogens is 2. The molecule has 1 aliphatic rings. The van der Waals surface area contributed by atoms with E-state index in [9.17, 15) is 9.59 Å². The molecule has 2 N–H and O–H groups in total. The lowest BCUT2D eigenvalue weighted by Crippen LogP contribution is -2.32. The van der Waals surface area contributed by atoms with Gasteiger partial charge in [0, 0.05) is 18.9 Å². The number of rotatable bonds is 8. The number of ether oxygens (including phenoxy) is 1. The fourth-order valence-electron chi connectivity index (χ4n) is 2.97. The van der Waals surface area contributed by atoms with Crippen molar-refractivity contribution in [2.75, 3.05) is 24.2 Å². The summed E-state index contributed by atoms with van der Waals surface area (Å²) in [5.41, 5.74) is 1.93. The maximum atomic E-state index is 12.5. The molecule has 1 fully saturated rings. The van der Waals surface area contributed by atoms with Crippen molar-refractivity contribution in [3.8, 4) is 0 Å². The fraction of sp³-hybridized carbons (Fsp3) is 0.333. The third-order valence-electron chi connectivity index (χ3n) is 4.45. The Kier molecular flexibility index (Phi) is 8.24. The van der Waals surface area contributed by atoms with Gasteiger partial charge in [-0.1, -0.05) is 41.4 Å². The summed E-state index contributed by atoms with van der Waals surface area (Å²) in [6.07, 6.45) is 2.04. The zero-order valence-electron chi connectivity index (χ0n) is 15.8. The monoisotopic (exact) mass is 452 g/mol. The van der Waals surface area contributed by atoms with E-state index in [-0.39, 0.29) is 23.7 Å². The molecule has 2 aromatic carbocycles. The third kappa shape index (κ3) is 6.64. The Morgan fingerprint density at radius 2 is 1.97 bits per heavy atom. The van der Waals surface area contributed by atoms with E-state index in [2.05, 4.69) is 10.6 Å². The Bertz CT molecular complexity index is 873. The van der Waals surface area contributed by atoms with E-state index in [0.717, 1.165) is 25.0 Å². The molecule has 154 valence electrons. The molecule has 8 heteroatoms. The molecule has 0 saturated carbocycles. The number of carbonyl (C=O) groups excluding carboxylic acids is 2. The number of hydrogen-bond acceptors (Lipinski definition) is 4. The average Bonchev–Trinajstić information content (AvgIpc) is 3.23. The number of carbonyl (C=O) groups is 2. The number of thioether (sulfide) groups is 1. The van der Waals surface area contributed by atoms with Gasteiger partial charge >= 0.3 is 0 Å². The Morgan fingerprint density at radius 1 is 1.14 bits per heavy atom. The second-order valence-electron chi connectivity index (χ2n) is 6.68. The van der Waals surface area contributed by atoms with E-state index in [0.29, 0.717) is 33.6 Å². The van der Waals surface area contributed by atoms with Crippen molar-refractivity contribution in [1.82, 2.24) is 5.32 Å². The van der Waals surface area contributed by atoms with Gasteiger partial charge in [0.25, 0.3) is 5.91 Å². The van der Waals surface area contributed by atoms with E-state index >= 15 is 0 Å². The summed E-state index contributed by atoms with van der Waals surface area (Å²) in [6.45, 7) is 1.22. The first kappa shape index (κ1) is 22.0. The van der Waals surface area contributed by atoms with Gasteiger partial charge in [-0.2, -0.15) is 0 Å². The minimum Gasteiger partial charge on any atom is -0.376 e. The van der Waals surface area contributed by atoms with Gasteiger partial charge in [0.2, 0.25) is 5.91 Å².